The molecule has 0 atom stereocenters. The van der Waals surface area contributed by atoms with Crippen LogP contribution in [0.15, 0.2) is 78.9 Å². The molecular formula is C32H33NO5S. The molecule has 0 aliphatic heterocycles. The van der Waals surface area contributed by atoms with Gasteiger partial charge in [-0.25, -0.2) is 4.79 Å². The average molecular weight is 544 g/mol. The van der Waals surface area contributed by atoms with Gasteiger partial charge in [0.05, 0.1) is 13.7 Å². The highest BCUT2D eigenvalue weighted by Gasteiger charge is 2.26. The smallest absolute Gasteiger partial charge is 0.341 e. The lowest BCUT2D eigenvalue weighted by atomic mass is 9.78. The predicted molar refractivity (Wildman–Crippen MR) is 156 cm³/mol. The average Bonchev–Trinajstić information content (AvgIpc) is 3.27. The van der Waals surface area contributed by atoms with Crippen LogP contribution in [0.2, 0.25) is 0 Å². The third-order valence-corrected chi connectivity index (χ3v) is 7.64. The number of nitrogens with one attached hydrogen (secondary N) is 1. The van der Waals surface area contributed by atoms with Crippen molar-refractivity contribution in [3.8, 4) is 22.6 Å². The molecular weight excluding hydrogens is 510 g/mol. The van der Waals surface area contributed by atoms with Crippen LogP contribution in [0, 0.1) is 6.92 Å². The molecule has 39 heavy (non-hydrogen) atoms. The number of anilines is 1. The van der Waals surface area contributed by atoms with Gasteiger partial charge in [-0.15, -0.1) is 11.3 Å². The molecule has 0 saturated heterocycles. The fraction of sp³-hybridized carbons (Fsp3) is 0.250. The number of benzene rings is 3. The van der Waals surface area contributed by atoms with Gasteiger partial charge in [-0.2, -0.15) is 0 Å². The Morgan fingerprint density at radius 1 is 0.846 bits per heavy atom. The van der Waals surface area contributed by atoms with Crippen molar-refractivity contribution in [2.45, 2.75) is 33.1 Å². The lowest BCUT2D eigenvalue weighted by Crippen LogP contribution is -2.21. The fourth-order valence-corrected chi connectivity index (χ4v) is 5.54. The number of esters is 1. The van der Waals surface area contributed by atoms with Crippen LogP contribution >= 0.6 is 11.3 Å². The van der Waals surface area contributed by atoms with E-state index in [4.69, 9.17) is 14.2 Å². The molecule has 4 rings (SSSR count). The molecule has 6 nitrogen and oxygen atoms in total. The second-order valence-corrected chi connectivity index (χ2v) is 10.8. The molecule has 0 aliphatic carbocycles. The Morgan fingerprint density at radius 2 is 1.44 bits per heavy atom. The van der Waals surface area contributed by atoms with Gasteiger partial charge in [-0.3, -0.25) is 4.79 Å². The maximum absolute atomic E-state index is 12.8. The topological polar surface area (TPSA) is 73.9 Å². The molecule has 1 N–H and O–H groups in total. The summed E-state index contributed by atoms with van der Waals surface area (Å²) >= 11 is 1.33. The Hall–Kier alpha value is -4.10. The summed E-state index contributed by atoms with van der Waals surface area (Å²) in [4.78, 5) is 26.5. The molecule has 0 spiro atoms. The second-order valence-electron chi connectivity index (χ2n) is 9.54. The standard InChI is InChI=1S/C32H33NO5S/c1-6-37-25-16-12-22(13-17-25)28-21(2)39-30(29(28)31(35)36-5)33-27(34)20-38-26-18-14-24(15-19-26)32(3,4)23-10-8-7-9-11-23/h7-19H,6,20H2,1-5H3,(H,33,34). The zero-order valence-corrected chi connectivity index (χ0v) is 23.7. The molecule has 1 heterocycles. The highest BCUT2D eigenvalue weighted by atomic mass is 32.1. The van der Waals surface area contributed by atoms with Crippen LogP contribution in [-0.4, -0.2) is 32.2 Å². The molecule has 0 bridgehead atoms. The van der Waals surface area contributed by atoms with Crippen LogP contribution in [-0.2, 0) is 14.9 Å². The molecule has 0 radical (unpaired) electrons. The summed E-state index contributed by atoms with van der Waals surface area (Å²) in [5, 5.41) is 3.27. The van der Waals surface area contributed by atoms with Crippen molar-refractivity contribution >= 4 is 28.2 Å². The van der Waals surface area contributed by atoms with Crippen molar-refractivity contribution in [1.82, 2.24) is 0 Å². The number of carbonyl (C=O) groups excluding carboxylic acids is 2. The van der Waals surface area contributed by atoms with E-state index >= 15 is 0 Å². The van der Waals surface area contributed by atoms with Gasteiger partial charge < -0.3 is 19.5 Å². The van der Waals surface area contributed by atoms with Crippen LogP contribution in [0.25, 0.3) is 11.1 Å². The molecule has 1 aromatic heterocycles. The number of aryl methyl sites for hydroxylation is 1. The summed E-state index contributed by atoms with van der Waals surface area (Å²) in [6.45, 7) is 8.56. The van der Waals surface area contributed by atoms with Gasteiger partial charge in [-0.05, 0) is 54.8 Å². The van der Waals surface area contributed by atoms with E-state index in [-0.39, 0.29) is 17.9 Å². The number of thiophene rings is 1. The predicted octanol–water partition coefficient (Wildman–Crippen LogP) is 7.25. The monoisotopic (exact) mass is 543 g/mol. The largest absolute Gasteiger partial charge is 0.494 e. The zero-order chi connectivity index (χ0) is 28.0. The lowest BCUT2D eigenvalue weighted by molar-refractivity contribution is -0.118. The van der Waals surface area contributed by atoms with Gasteiger partial charge in [0.1, 0.15) is 22.1 Å². The van der Waals surface area contributed by atoms with Crippen LogP contribution in [0.3, 0.4) is 0 Å². The maximum atomic E-state index is 12.8. The summed E-state index contributed by atoms with van der Waals surface area (Å²) < 4.78 is 16.3. The first-order valence-corrected chi connectivity index (χ1v) is 13.6. The van der Waals surface area contributed by atoms with Gasteiger partial charge >= 0.3 is 5.97 Å². The van der Waals surface area contributed by atoms with Crippen molar-refractivity contribution < 1.29 is 23.8 Å². The van der Waals surface area contributed by atoms with Crippen LogP contribution in [0.5, 0.6) is 11.5 Å². The number of ether oxygens (including phenoxy) is 3. The summed E-state index contributed by atoms with van der Waals surface area (Å²) in [5.41, 5.74) is 4.08. The molecule has 0 aliphatic rings. The molecule has 0 unspecified atom stereocenters. The first kappa shape index (κ1) is 27.9. The van der Waals surface area contributed by atoms with E-state index in [2.05, 4.69) is 31.3 Å². The Bertz CT molecular complexity index is 1420. The highest BCUT2D eigenvalue weighted by molar-refractivity contribution is 7.17. The maximum Gasteiger partial charge on any atom is 0.341 e. The number of methoxy groups -OCH3 is 1. The van der Waals surface area contributed by atoms with Gasteiger partial charge in [0.2, 0.25) is 0 Å². The van der Waals surface area contributed by atoms with E-state index in [1.807, 2.05) is 80.6 Å². The SMILES string of the molecule is CCOc1ccc(-c2c(C)sc(NC(=O)COc3ccc(C(C)(C)c4ccccc4)cc3)c2C(=O)OC)cc1. The number of hydrogen-bond acceptors (Lipinski definition) is 6. The molecule has 0 saturated carbocycles. The van der Waals surface area contributed by atoms with Crippen LogP contribution in [0.4, 0.5) is 5.00 Å². The van der Waals surface area contributed by atoms with E-state index in [9.17, 15) is 9.59 Å². The Labute approximate surface area is 233 Å². The van der Waals surface area contributed by atoms with E-state index in [1.165, 1.54) is 24.0 Å². The van der Waals surface area contributed by atoms with Gasteiger partial charge in [0.25, 0.3) is 5.91 Å². The van der Waals surface area contributed by atoms with Crippen molar-refractivity contribution in [3.63, 3.8) is 0 Å². The molecule has 202 valence electrons. The van der Waals surface area contributed by atoms with E-state index in [0.717, 1.165) is 27.3 Å². The van der Waals surface area contributed by atoms with E-state index in [1.54, 1.807) is 0 Å². The first-order chi connectivity index (χ1) is 18.7. The molecule has 4 aromatic rings. The number of rotatable bonds is 10. The Balaban J connectivity index is 1.47. The summed E-state index contributed by atoms with van der Waals surface area (Å²) in [6, 6.07) is 25.6. The third-order valence-electron chi connectivity index (χ3n) is 6.62. The molecule has 1 amide bonds. The minimum Gasteiger partial charge on any atom is -0.494 e. The van der Waals surface area contributed by atoms with Crippen molar-refractivity contribution in [2.24, 2.45) is 0 Å². The van der Waals surface area contributed by atoms with Crippen molar-refractivity contribution in [3.05, 3.63) is 100 Å². The van der Waals surface area contributed by atoms with Gasteiger partial charge in [-0.1, -0.05) is 68.4 Å². The van der Waals surface area contributed by atoms with Crippen molar-refractivity contribution in [1.29, 1.82) is 0 Å². The second kappa shape index (κ2) is 12.2. The fourth-order valence-electron chi connectivity index (χ4n) is 4.46. The Kier molecular flexibility index (Phi) is 8.72. The third kappa shape index (κ3) is 6.32. The van der Waals surface area contributed by atoms with Gasteiger partial charge in [0.15, 0.2) is 6.61 Å². The Morgan fingerprint density at radius 3 is 2.05 bits per heavy atom. The molecule has 0 fully saturated rings. The summed E-state index contributed by atoms with van der Waals surface area (Å²) in [6.07, 6.45) is 0. The minimum atomic E-state index is -0.518. The van der Waals surface area contributed by atoms with Crippen molar-refractivity contribution in [2.75, 3.05) is 25.6 Å². The van der Waals surface area contributed by atoms with E-state index < -0.39 is 5.97 Å². The highest BCUT2D eigenvalue weighted by Crippen LogP contribution is 2.41. The minimum absolute atomic E-state index is 0.167. The normalized spacial score (nSPS) is 11.1. The molecule has 3 aromatic carbocycles. The van der Waals surface area contributed by atoms with Crippen LogP contribution < -0.4 is 14.8 Å². The summed E-state index contributed by atoms with van der Waals surface area (Å²) in [7, 11) is 1.33. The zero-order valence-electron chi connectivity index (χ0n) is 22.9. The number of amides is 1. The number of hydrogen-bond donors (Lipinski definition) is 1. The number of carbonyl (C=O) groups is 2. The molecule has 7 heteroatoms. The quantitative estimate of drug-likeness (QED) is 0.213. The summed E-state index contributed by atoms with van der Waals surface area (Å²) in [5.74, 6) is 0.448. The lowest BCUT2D eigenvalue weighted by Gasteiger charge is -2.26. The van der Waals surface area contributed by atoms with E-state index in [0.29, 0.717) is 22.9 Å². The van der Waals surface area contributed by atoms with Gasteiger partial charge in [0, 0.05) is 15.9 Å². The first-order valence-electron chi connectivity index (χ1n) is 12.8. The van der Waals surface area contributed by atoms with Crippen LogP contribution in [0.1, 0.15) is 47.1 Å².